The highest BCUT2D eigenvalue weighted by Gasteiger charge is 2.11. The number of sulfonamides is 1. The van der Waals surface area contributed by atoms with Crippen LogP contribution in [-0.4, -0.2) is 45.8 Å². The molecule has 0 saturated carbocycles. The minimum absolute atomic E-state index is 0.00102. The Hall–Kier alpha value is -1.37. The number of likely N-dealkylation sites (N-methyl/N-ethyl adjacent to an activating group) is 1. The normalized spacial score (nSPS) is 20.9. The van der Waals surface area contributed by atoms with Crippen molar-refractivity contribution in [3.8, 4) is 0 Å². The van der Waals surface area contributed by atoms with Gasteiger partial charge in [-0.3, -0.25) is 0 Å². The summed E-state index contributed by atoms with van der Waals surface area (Å²) >= 11 is 0. The van der Waals surface area contributed by atoms with Crippen LogP contribution >= 0.6 is 0 Å². The van der Waals surface area contributed by atoms with E-state index in [-0.39, 0.29) is 41.2 Å². The molecule has 1 heterocycles. The Morgan fingerprint density at radius 3 is 3.10 bits per heavy atom. The van der Waals surface area contributed by atoms with Crippen LogP contribution in [0.25, 0.3) is 10.9 Å². The summed E-state index contributed by atoms with van der Waals surface area (Å²) < 4.78 is 102. The van der Waals surface area contributed by atoms with E-state index >= 15 is 0 Å². The molecule has 0 radical (unpaired) electrons. The molecule has 1 aromatic carbocycles. The molecule has 0 amide bonds. The van der Waals surface area contributed by atoms with E-state index in [0.717, 1.165) is 4.90 Å². The van der Waals surface area contributed by atoms with Crippen LogP contribution in [-0.2, 0) is 22.2 Å². The molecule has 0 fully saturated rings. The van der Waals surface area contributed by atoms with Gasteiger partial charge in [0, 0.05) is 31.8 Å². The summed E-state index contributed by atoms with van der Waals surface area (Å²) in [4.78, 5) is 3.66. The lowest BCUT2D eigenvalue weighted by molar-refractivity contribution is 0.414. The van der Waals surface area contributed by atoms with Gasteiger partial charge in [-0.25, -0.2) is 13.1 Å². The Bertz CT molecular complexity index is 1060. The van der Waals surface area contributed by atoms with Crippen LogP contribution in [0.15, 0.2) is 24.3 Å². The Morgan fingerprint density at radius 1 is 1.50 bits per heavy atom. The van der Waals surface area contributed by atoms with E-state index in [0.29, 0.717) is 0 Å². The molecule has 0 unspecified atom stereocenters. The van der Waals surface area contributed by atoms with E-state index in [4.69, 9.17) is 13.7 Å². The average Bonchev–Trinajstić information content (AvgIpc) is 2.88. The highest BCUT2D eigenvalue weighted by atomic mass is 32.2. The Balaban J connectivity index is 2.57. The third kappa shape index (κ3) is 3.59. The monoisotopic (exact) mass is 305 g/mol. The first-order valence-corrected chi connectivity index (χ1v) is 7.42. The number of H-pyrrole nitrogens is 1. The molecule has 0 aliphatic carbocycles. The van der Waals surface area contributed by atoms with Crippen LogP contribution in [0, 0.1) is 0 Å². The average molecular weight is 305 g/mol. The lowest BCUT2D eigenvalue weighted by Crippen LogP contribution is -2.20. The van der Waals surface area contributed by atoms with Crippen LogP contribution in [0.1, 0.15) is 24.8 Å². The number of aromatic amines is 1. The van der Waals surface area contributed by atoms with Crippen molar-refractivity contribution in [2.45, 2.75) is 12.2 Å². The molecule has 0 aliphatic rings. The van der Waals surface area contributed by atoms with Crippen LogP contribution < -0.4 is 4.72 Å². The fourth-order valence-electron chi connectivity index (χ4n) is 1.73. The van der Waals surface area contributed by atoms with E-state index in [1.165, 1.54) is 11.8 Å². The van der Waals surface area contributed by atoms with Crippen molar-refractivity contribution in [1.82, 2.24) is 14.6 Å². The molecule has 0 spiro atoms. The van der Waals surface area contributed by atoms with Crippen LogP contribution in [0.5, 0.6) is 0 Å². The van der Waals surface area contributed by atoms with Crippen LogP contribution in [0.2, 0.25) is 0 Å². The molecule has 0 saturated heterocycles. The van der Waals surface area contributed by atoms with Crippen LogP contribution in [0.4, 0.5) is 0 Å². The van der Waals surface area contributed by atoms with Gasteiger partial charge in [0.25, 0.3) is 0 Å². The predicted octanol–water partition coefficient (Wildman–Crippen LogP) is 1.32. The summed E-state index contributed by atoms with van der Waals surface area (Å²) in [6, 6.07) is -1.44. The number of rotatable bonds is 6. The summed E-state index contributed by atoms with van der Waals surface area (Å²) in [7, 11) is -3.08. The van der Waals surface area contributed by atoms with Gasteiger partial charge in [-0.2, -0.15) is 0 Å². The summed E-state index contributed by atoms with van der Waals surface area (Å²) in [6.45, 7) is -5.36. The van der Waals surface area contributed by atoms with E-state index < -0.39 is 47.9 Å². The number of fused-ring (bicyclic) bond motifs is 1. The maximum Gasteiger partial charge on any atom is 0.215 e. The highest BCUT2D eigenvalue weighted by molar-refractivity contribution is 7.88. The van der Waals surface area contributed by atoms with Gasteiger partial charge >= 0.3 is 0 Å². The van der Waals surface area contributed by atoms with Crippen molar-refractivity contribution < 1.29 is 22.1 Å². The fourth-order valence-corrected chi connectivity index (χ4v) is 2.33. The number of nitrogens with one attached hydrogen (secondary N) is 2. The second-order valence-electron chi connectivity index (χ2n) is 4.36. The zero-order chi connectivity index (χ0) is 23.2. The predicted molar refractivity (Wildman–Crippen MR) is 82.2 cm³/mol. The Morgan fingerprint density at radius 2 is 2.35 bits per heavy atom. The molecule has 0 bridgehead atoms. The van der Waals surface area contributed by atoms with Gasteiger partial charge in [-0.15, -0.1) is 0 Å². The third-order valence-electron chi connectivity index (χ3n) is 2.69. The topological polar surface area (TPSA) is 65.2 Å². The van der Waals surface area contributed by atoms with Crippen molar-refractivity contribution in [3.63, 3.8) is 0 Å². The number of hydrogen-bond acceptors (Lipinski definition) is 3. The standard InChI is InChI=1S/C14H21N3O2S/c1-15-20(18,19)10-11-4-5-14-13(8-11)12(9-16-14)6-7-17(2)3/h4-5,8-9,15-16H,6-7,10H2,1-3H3/i1D3,2D3,4D,5D,8D,9D. The van der Waals surface area contributed by atoms with Gasteiger partial charge in [-0.1, -0.05) is 6.04 Å². The van der Waals surface area contributed by atoms with Crippen molar-refractivity contribution >= 4 is 20.9 Å². The lowest BCUT2D eigenvalue weighted by Gasteiger charge is -2.08. The fraction of sp³-hybridized carbons (Fsp3) is 0.429. The first-order valence-electron chi connectivity index (χ1n) is 10.8. The molecule has 1 aromatic heterocycles. The summed E-state index contributed by atoms with van der Waals surface area (Å²) in [5.41, 5.74) is -0.179. The van der Waals surface area contributed by atoms with Crippen molar-refractivity contribution in [1.29, 1.82) is 0 Å². The minimum atomic E-state index is -4.45. The van der Waals surface area contributed by atoms with Gasteiger partial charge in [0.05, 0.1) is 11.2 Å². The number of nitrogens with zero attached hydrogens (tertiary/aromatic N) is 1. The second-order valence-corrected chi connectivity index (χ2v) is 6.09. The third-order valence-corrected chi connectivity index (χ3v) is 3.67. The summed E-state index contributed by atoms with van der Waals surface area (Å²) in [5, 5.41) is 0.0408. The summed E-state index contributed by atoms with van der Waals surface area (Å²) in [6.07, 6.45) is -0.151. The zero-order valence-corrected chi connectivity index (χ0v) is 11.6. The van der Waals surface area contributed by atoms with E-state index in [1.807, 2.05) is 0 Å². The molecule has 0 atom stereocenters. The number of benzene rings is 1. The second kappa shape index (κ2) is 5.95. The van der Waals surface area contributed by atoms with Crippen molar-refractivity contribution in [3.05, 3.63) is 35.4 Å². The molecular formula is C14H21N3O2S. The SMILES string of the molecule is [2H]c1[nH]c2c([2H])c([2H])c(CS(=O)(=O)NC([2H])([2H])[2H])c([2H])c2c1CCN(C)C([2H])([2H])[2H]. The maximum atomic E-state index is 12.2. The lowest BCUT2D eigenvalue weighted by atomic mass is 10.1. The minimum Gasteiger partial charge on any atom is -0.361 e. The van der Waals surface area contributed by atoms with E-state index in [9.17, 15) is 8.42 Å². The van der Waals surface area contributed by atoms with Gasteiger partial charge < -0.3 is 9.88 Å². The Labute approximate surface area is 134 Å². The van der Waals surface area contributed by atoms with Gasteiger partial charge in [0.2, 0.25) is 10.0 Å². The van der Waals surface area contributed by atoms with Crippen molar-refractivity contribution in [2.75, 3.05) is 27.5 Å². The molecule has 20 heavy (non-hydrogen) atoms. The first kappa shape index (κ1) is 6.60. The molecule has 2 aromatic rings. The molecule has 2 N–H and O–H groups in total. The summed E-state index contributed by atoms with van der Waals surface area (Å²) in [5.74, 6) is -1.00. The largest absolute Gasteiger partial charge is 0.361 e. The highest BCUT2D eigenvalue weighted by Crippen LogP contribution is 2.21. The van der Waals surface area contributed by atoms with E-state index in [2.05, 4.69) is 4.98 Å². The smallest absolute Gasteiger partial charge is 0.215 e. The number of hydrogen-bond donors (Lipinski definition) is 2. The molecule has 6 heteroatoms. The van der Waals surface area contributed by atoms with Crippen molar-refractivity contribution in [2.24, 2.45) is 0 Å². The van der Waals surface area contributed by atoms with Gasteiger partial charge in [0.1, 0.15) is 0 Å². The quantitative estimate of drug-likeness (QED) is 0.846. The zero-order valence-electron chi connectivity index (χ0n) is 20.8. The molecule has 5 nitrogen and oxygen atoms in total. The maximum absolute atomic E-state index is 12.2. The molecular weight excluding hydrogens is 274 g/mol. The Kier molecular flexibility index (Phi) is 1.96. The van der Waals surface area contributed by atoms with Gasteiger partial charge in [-0.05, 0) is 50.6 Å². The van der Waals surface area contributed by atoms with E-state index in [1.54, 1.807) is 0 Å². The van der Waals surface area contributed by atoms with Gasteiger partial charge in [0.15, 0.2) is 0 Å². The number of aromatic nitrogens is 1. The first-order chi connectivity index (χ1) is 13.4. The molecule has 0 aliphatic heterocycles. The van der Waals surface area contributed by atoms with Crippen LogP contribution in [0.3, 0.4) is 0 Å². The molecule has 110 valence electrons. The molecule has 2 rings (SSSR count).